The summed E-state index contributed by atoms with van der Waals surface area (Å²) >= 11 is 0. The molecule has 0 aliphatic heterocycles. The molecule has 22 heavy (non-hydrogen) atoms. The number of amides is 1. The standard InChI is InChI=1S/C14H21N3O3S.ClH/c1-3-8-17-21(19,20)13-7-4-6-12(11-13)14(18)16-10-5-9-15-2;/h3-4,6-7,11,15,17H,1,5,8-10H2,2H3,(H,16,18);1H. The first kappa shape index (κ1) is 20.6. The van der Waals surface area contributed by atoms with Gasteiger partial charge in [0.05, 0.1) is 4.90 Å². The Morgan fingerprint density at radius 1 is 1.32 bits per heavy atom. The lowest BCUT2D eigenvalue weighted by atomic mass is 10.2. The van der Waals surface area contributed by atoms with Crippen molar-refractivity contribution in [3.63, 3.8) is 0 Å². The van der Waals surface area contributed by atoms with Gasteiger partial charge in [-0.3, -0.25) is 4.79 Å². The van der Waals surface area contributed by atoms with Gasteiger partial charge in [-0.05, 0) is 38.2 Å². The van der Waals surface area contributed by atoms with Gasteiger partial charge in [-0.15, -0.1) is 19.0 Å². The normalized spacial score (nSPS) is 10.6. The zero-order valence-corrected chi connectivity index (χ0v) is 14.1. The lowest BCUT2D eigenvalue weighted by Crippen LogP contribution is -2.27. The zero-order chi connectivity index (χ0) is 15.7. The van der Waals surface area contributed by atoms with Crippen LogP contribution in [0.3, 0.4) is 0 Å². The Hall–Kier alpha value is -1.41. The molecule has 1 aromatic rings. The van der Waals surface area contributed by atoms with Crippen molar-refractivity contribution in [2.24, 2.45) is 0 Å². The van der Waals surface area contributed by atoms with Gasteiger partial charge >= 0.3 is 0 Å². The minimum absolute atomic E-state index is 0. The van der Waals surface area contributed by atoms with Gasteiger partial charge in [-0.25, -0.2) is 13.1 Å². The predicted octanol–water partition coefficient (Wildman–Crippen LogP) is 0.912. The largest absolute Gasteiger partial charge is 0.352 e. The van der Waals surface area contributed by atoms with E-state index in [1.807, 2.05) is 7.05 Å². The molecule has 1 rings (SSSR count). The van der Waals surface area contributed by atoms with Crippen LogP contribution in [0.25, 0.3) is 0 Å². The summed E-state index contributed by atoms with van der Waals surface area (Å²) in [7, 11) is -1.78. The Bertz CT molecular complexity index is 591. The Kier molecular flexibility index (Phi) is 9.68. The minimum atomic E-state index is -3.62. The number of nitrogens with one attached hydrogen (secondary N) is 3. The molecule has 0 aromatic heterocycles. The highest BCUT2D eigenvalue weighted by Crippen LogP contribution is 2.11. The second kappa shape index (κ2) is 10.3. The first-order valence-electron chi connectivity index (χ1n) is 6.64. The SMILES string of the molecule is C=CCNS(=O)(=O)c1cccc(C(=O)NCCCNC)c1.Cl. The molecule has 0 saturated carbocycles. The Labute approximate surface area is 137 Å². The molecule has 0 spiro atoms. The van der Waals surface area contributed by atoms with E-state index < -0.39 is 10.0 Å². The number of carbonyl (C=O) groups is 1. The topological polar surface area (TPSA) is 87.3 Å². The van der Waals surface area contributed by atoms with Gasteiger partial charge in [-0.1, -0.05) is 12.1 Å². The van der Waals surface area contributed by atoms with Crippen molar-refractivity contribution in [2.45, 2.75) is 11.3 Å². The second-order valence-corrected chi connectivity index (χ2v) is 6.15. The molecule has 0 saturated heterocycles. The van der Waals surface area contributed by atoms with Gasteiger partial charge in [0, 0.05) is 18.7 Å². The number of sulfonamides is 1. The first-order chi connectivity index (χ1) is 10.0. The number of halogens is 1. The molecule has 0 fully saturated rings. The van der Waals surface area contributed by atoms with Crippen LogP contribution < -0.4 is 15.4 Å². The molecule has 0 heterocycles. The maximum atomic E-state index is 12.0. The molecule has 0 bridgehead atoms. The number of rotatable bonds is 9. The van der Waals surface area contributed by atoms with E-state index in [1.54, 1.807) is 12.1 Å². The molecule has 0 unspecified atom stereocenters. The van der Waals surface area contributed by atoms with Gasteiger partial charge in [0.25, 0.3) is 5.91 Å². The third-order valence-corrected chi connectivity index (χ3v) is 4.13. The van der Waals surface area contributed by atoms with Crippen LogP contribution in [0.5, 0.6) is 0 Å². The molecule has 0 radical (unpaired) electrons. The summed E-state index contributed by atoms with van der Waals surface area (Å²) in [4.78, 5) is 12.0. The third kappa shape index (κ3) is 6.57. The van der Waals surface area contributed by atoms with Crippen LogP contribution in [-0.2, 0) is 10.0 Å². The number of carbonyl (C=O) groups excluding carboxylic acids is 1. The fraction of sp³-hybridized carbons (Fsp3) is 0.357. The van der Waals surface area contributed by atoms with Crippen LogP contribution >= 0.6 is 12.4 Å². The molecule has 0 atom stereocenters. The maximum absolute atomic E-state index is 12.0. The summed E-state index contributed by atoms with van der Waals surface area (Å²) < 4.78 is 26.3. The predicted molar refractivity (Wildman–Crippen MR) is 90.0 cm³/mol. The Balaban J connectivity index is 0.00000441. The van der Waals surface area contributed by atoms with E-state index >= 15 is 0 Å². The van der Waals surface area contributed by atoms with Gasteiger partial charge < -0.3 is 10.6 Å². The molecule has 6 nitrogen and oxygen atoms in total. The van der Waals surface area contributed by atoms with Crippen LogP contribution in [0.4, 0.5) is 0 Å². The molecule has 124 valence electrons. The quantitative estimate of drug-likeness (QED) is 0.458. The molecule has 0 aliphatic rings. The van der Waals surface area contributed by atoms with E-state index in [0.717, 1.165) is 13.0 Å². The lowest BCUT2D eigenvalue weighted by Gasteiger charge is -2.08. The van der Waals surface area contributed by atoms with Crippen molar-refractivity contribution >= 4 is 28.3 Å². The summed E-state index contributed by atoms with van der Waals surface area (Å²) in [6.45, 7) is 4.94. The van der Waals surface area contributed by atoms with E-state index in [9.17, 15) is 13.2 Å². The van der Waals surface area contributed by atoms with E-state index in [4.69, 9.17) is 0 Å². The summed E-state index contributed by atoms with van der Waals surface area (Å²) in [5, 5.41) is 5.73. The van der Waals surface area contributed by atoms with Crippen LogP contribution in [0.1, 0.15) is 16.8 Å². The number of hydrogen-bond donors (Lipinski definition) is 3. The van der Waals surface area contributed by atoms with Crippen molar-refractivity contribution in [1.82, 2.24) is 15.4 Å². The van der Waals surface area contributed by atoms with Crippen molar-refractivity contribution in [3.05, 3.63) is 42.5 Å². The van der Waals surface area contributed by atoms with E-state index in [1.165, 1.54) is 18.2 Å². The van der Waals surface area contributed by atoms with Crippen LogP contribution in [0.15, 0.2) is 41.8 Å². The third-order valence-electron chi connectivity index (χ3n) is 2.71. The average Bonchev–Trinajstić information content (AvgIpc) is 2.49. The van der Waals surface area contributed by atoms with Crippen molar-refractivity contribution in [3.8, 4) is 0 Å². The molecule has 8 heteroatoms. The summed E-state index contributed by atoms with van der Waals surface area (Å²) in [5.41, 5.74) is 0.320. The molecular formula is C14H22ClN3O3S. The molecule has 3 N–H and O–H groups in total. The van der Waals surface area contributed by atoms with Gasteiger partial charge in [0.1, 0.15) is 0 Å². The fourth-order valence-electron chi connectivity index (χ4n) is 1.63. The highest BCUT2D eigenvalue weighted by atomic mass is 35.5. The number of benzene rings is 1. The van der Waals surface area contributed by atoms with Crippen LogP contribution in [0.2, 0.25) is 0 Å². The number of hydrogen-bond acceptors (Lipinski definition) is 4. The lowest BCUT2D eigenvalue weighted by molar-refractivity contribution is 0.0953. The molecule has 1 aromatic carbocycles. The Morgan fingerprint density at radius 3 is 2.68 bits per heavy atom. The van der Waals surface area contributed by atoms with Gasteiger partial charge in [0.2, 0.25) is 10.0 Å². The first-order valence-corrected chi connectivity index (χ1v) is 8.13. The summed E-state index contributed by atoms with van der Waals surface area (Å²) in [5.74, 6) is -0.285. The van der Waals surface area contributed by atoms with Crippen molar-refractivity contribution in [1.29, 1.82) is 0 Å². The van der Waals surface area contributed by atoms with E-state index in [-0.39, 0.29) is 29.8 Å². The molecule has 1 amide bonds. The summed E-state index contributed by atoms with van der Waals surface area (Å²) in [6.07, 6.45) is 2.26. The Morgan fingerprint density at radius 2 is 2.05 bits per heavy atom. The highest BCUT2D eigenvalue weighted by Gasteiger charge is 2.15. The van der Waals surface area contributed by atoms with Crippen LogP contribution in [0, 0.1) is 0 Å². The monoisotopic (exact) mass is 347 g/mol. The molecular weight excluding hydrogens is 326 g/mol. The van der Waals surface area contributed by atoms with Crippen molar-refractivity contribution in [2.75, 3.05) is 26.7 Å². The van der Waals surface area contributed by atoms with Gasteiger partial charge in [-0.2, -0.15) is 0 Å². The fourth-order valence-corrected chi connectivity index (χ4v) is 2.67. The van der Waals surface area contributed by atoms with Crippen LogP contribution in [-0.4, -0.2) is 41.0 Å². The van der Waals surface area contributed by atoms with E-state index in [0.29, 0.717) is 12.1 Å². The van der Waals surface area contributed by atoms with E-state index in [2.05, 4.69) is 21.9 Å². The summed E-state index contributed by atoms with van der Waals surface area (Å²) in [6, 6.07) is 5.94. The highest BCUT2D eigenvalue weighted by molar-refractivity contribution is 7.89. The van der Waals surface area contributed by atoms with Gasteiger partial charge in [0.15, 0.2) is 0 Å². The van der Waals surface area contributed by atoms with Crippen molar-refractivity contribution < 1.29 is 13.2 Å². The zero-order valence-electron chi connectivity index (χ0n) is 12.5. The molecule has 0 aliphatic carbocycles. The average molecular weight is 348 g/mol. The maximum Gasteiger partial charge on any atom is 0.251 e. The second-order valence-electron chi connectivity index (χ2n) is 4.38. The smallest absolute Gasteiger partial charge is 0.251 e. The minimum Gasteiger partial charge on any atom is -0.352 e.